The van der Waals surface area contributed by atoms with Crippen molar-refractivity contribution in [3.8, 4) is 5.75 Å². The molecule has 2 N–H and O–H groups in total. The van der Waals surface area contributed by atoms with Crippen LogP contribution in [-0.2, 0) is 16.0 Å². The van der Waals surface area contributed by atoms with Crippen LogP contribution < -0.4 is 15.4 Å². The monoisotopic (exact) mass is 360 g/mol. The summed E-state index contributed by atoms with van der Waals surface area (Å²) in [5.74, 6) is 1.12. The molecule has 1 aromatic carbocycles. The van der Waals surface area contributed by atoms with Crippen LogP contribution in [0, 0.1) is 5.92 Å². The van der Waals surface area contributed by atoms with Gasteiger partial charge in [0.05, 0.1) is 13.2 Å². The lowest BCUT2D eigenvalue weighted by molar-refractivity contribution is -0.116. The van der Waals surface area contributed by atoms with Crippen LogP contribution in [-0.4, -0.2) is 37.8 Å². The molecule has 0 aliphatic carbocycles. The van der Waals surface area contributed by atoms with E-state index >= 15 is 0 Å². The van der Waals surface area contributed by atoms with E-state index in [9.17, 15) is 9.59 Å². The first kappa shape index (κ1) is 19.8. The Hall–Kier alpha value is -2.50. The highest BCUT2D eigenvalue weighted by Gasteiger charge is 2.15. The van der Waals surface area contributed by atoms with Gasteiger partial charge in [-0.2, -0.15) is 0 Å². The molecule has 0 bridgehead atoms. The summed E-state index contributed by atoms with van der Waals surface area (Å²) in [7, 11) is 0. The number of amides is 2. The van der Waals surface area contributed by atoms with Gasteiger partial charge >= 0.3 is 6.09 Å². The lowest BCUT2D eigenvalue weighted by Crippen LogP contribution is -2.44. The molecular formula is C20H28N2O4. The largest absolute Gasteiger partial charge is 0.493 e. The van der Waals surface area contributed by atoms with Crippen molar-refractivity contribution in [2.45, 2.75) is 39.7 Å². The Bertz CT molecular complexity index is 655. The quantitative estimate of drug-likeness (QED) is 0.699. The van der Waals surface area contributed by atoms with E-state index in [0.717, 1.165) is 24.2 Å². The van der Waals surface area contributed by atoms with E-state index in [-0.39, 0.29) is 11.9 Å². The molecule has 0 saturated carbocycles. The van der Waals surface area contributed by atoms with Crippen molar-refractivity contribution >= 4 is 18.1 Å². The van der Waals surface area contributed by atoms with E-state index in [0.29, 0.717) is 25.7 Å². The predicted octanol–water partition coefficient (Wildman–Crippen LogP) is 2.91. The maximum Gasteiger partial charge on any atom is 0.407 e. The maximum atomic E-state index is 12.1. The Kier molecular flexibility index (Phi) is 7.51. The van der Waals surface area contributed by atoms with Crippen molar-refractivity contribution in [1.29, 1.82) is 0 Å². The topological polar surface area (TPSA) is 76.7 Å². The summed E-state index contributed by atoms with van der Waals surface area (Å²) in [5, 5.41) is 5.63. The molecule has 1 aromatic rings. The normalized spacial score (nSPS) is 14.0. The van der Waals surface area contributed by atoms with Crippen LogP contribution >= 0.6 is 0 Å². The van der Waals surface area contributed by atoms with E-state index in [1.54, 1.807) is 13.0 Å². The average molecular weight is 360 g/mol. The minimum atomic E-state index is -0.455. The van der Waals surface area contributed by atoms with Gasteiger partial charge in [0.2, 0.25) is 5.91 Å². The SMILES string of the molecule is CCOC(=O)NC(CNC(=O)/C=C/c1ccc2c(c1)CCO2)CC(C)C. The standard InChI is InChI=1S/C20H28N2O4/c1-4-25-20(24)22-17(11-14(2)3)13-21-19(23)8-6-15-5-7-18-16(12-15)9-10-26-18/h5-8,12,14,17H,4,9-11,13H2,1-3H3,(H,21,23)(H,22,24)/b8-6+. The number of nitrogens with one attached hydrogen (secondary N) is 2. The third-order valence-corrected chi connectivity index (χ3v) is 4.02. The van der Waals surface area contributed by atoms with E-state index in [1.807, 2.05) is 18.2 Å². The van der Waals surface area contributed by atoms with Gasteiger partial charge in [-0.1, -0.05) is 19.9 Å². The Morgan fingerprint density at radius 3 is 2.88 bits per heavy atom. The predicted molar refractivity (Wildman–Crippen MR) is 101 cm³/mol. The fourth-order valence-electron chi connectivity index (χ4n) is 2.87. The fraction of sp³-hybridized carbons (Fsp3) is 0.500. The molecule has 6 heteroatoms. The molecule has 1 aliphatic rings. The zero-order valence-corrected chi connectivity index (χ0v) is 15.7. The minimum absolute atomic E-state index is 0.163. The number of carbonyl (C=O) groups excluding carboxylic acids is 2. The summed E-state index contributed by atoms with van der Waals surface area (Å²) in [6.07, 6.45) is 4.49. The number of fused-ring (bicyclic) bond motifs is 1. The molecule has 1 heterocycles. The number of benzene rings is 1. The van der Waals surface area contributed by atoms with Gasteiger partial charge in [-0.15, -0.1) is 0 Å². The first-order valence-corrected chi connectivity index (χ1v) is 9.12. The highest BCUT2D eigenvalue weighted by molar-refractivity contribution is 5.91. The molecule has 1 aliphatic heterocycles. The molecule has 1 atom stereocenters. The first-order chi connectivity index (χ1) is 12.5. The van der Waals surface area contributed by atoms with Gasteiger partial charge in [0.25, 0.3) is 0 Å². The summed E-state index contributed by atoms with van der Waals surface area (Å²) in [5.41, 5.74) is 2.14. The van der Waals surface area contributed by atoms with Crippen molar-refractivity contribution in [3.05, 3.63) is 35.4 Å². The van der Waals surface area contributed by atoms with Crippen LogP contribution in [0.1, 0.15) is 38.3 Å². The van der Waals surface area contributed by atoms with Crippen LogP contribution in [0.4, 0.5) is 4.79 Å². The molecule has 2 amide bonds. The van der Waals surface area contributed by atoms with Gasteiger partial charge < -0.3 is 20.1 Å². The molecule has 1 unspecified atom stereocenters. The number of hydrogen-bond donors (Lipinski definition) is 2. The van der Waals surface area contributed by atoms with Gasteiger partial charge in [-0.3, -0.25) is 4.79 Å². The van der Waals surface area contributed by atoms with Crippen molar-refractivity contribution < 1.29 is 19.1 Å². The summed E-state index contributed by atoms with van der Waals surface area (Å²) in [6, 6.07) is 5.74. The second-order valence-electron chi connectivity index (χ2n) is 6.74. The number of carbonyl (C=O) groups is 2. The van der Waals surface area contributed by atoms with Crippen molar-refractivity contribution in [2.75, 3.05) is 19.8 Å². The van der Waals surface area contributed by atoms with E-state index in [2.05, 4.69) is 24.5 Å². The van der Waals surface area contributed by atoms with Crippen molar-refractivity contribution in [2.24, 2.45) is 5.92 Å². The van der Waals surface area contributed by atoms with Crippen LogP contribution in [0.25, 0.3) is 6.08 Å². The third kappa shape index (κ3) is 6.43. The Morgan fingerprint density at radius 2 is 2.15 bits per heavy atom. The lowest BCUT2D eigenvalue weighted by atomic mass is 10.0. The number of alkyl carbamates (subject to hydrolysis) is 1. The molecule has 0 fully saturated rings. The second-order valence-corrected chi connectivity index (χ2v) is 6.74. The molecule has 142 valence electrons. The molecule has 0 aromatic heterocycles. The Morgan fingerprint density at radius 1 is 1.35 bits per heavy atom. The Balaban J connectivity index is 1.85. The Labute approximate surface area is 154 Å². The second kappa shape index (κ2) is 9.85. The average Bonchev–Trinajstić information content (AvgIpc) is 3.05. The van der Waals surface area contributed by atoms with Gasteiger partial charge in [-0.25, -0.2) is 4.79 Å². The van der Waals surface area contributed by atoms with E-state index < -0.39 is 6.09 Å². The van der Waals surface area contributed by atoms with E-state index in [1.165, 1.54) is 11.6 Å². The molecule has 0 spiro atoms. The highest BCUT2D eigenvalue weighted by atomic mass is 16.5. The molecule has 2 rings (SSSR count). The molecule has 26 heavy (non-hydrogen) atoms. The van der Waals surface area contributed by atoms with Gasteiger partial charge in [0.1, 0.15) is 5.75 Å². The highest BCUT2D eigenvalue weighted by Crippen LogP contribution is 2.26. The van der Waals surface area contributed by atoms with Crippen LogP contribution in [0.2, 0.25) is 0 Å². The van der Waals surface area contributed by atoms with E-state index in [4.69, 9.17) is 9.47 Å². The lowest BCUT2D eigenvalue weighted by Gasteiger charge is -2.20. The molecule has 0 saturated heterocycles. The van der Waals surface area contributed by atoms with Crippen molar-refractivity contribution in [1.82, 2.24) is 10.6 Å². The van der Waals surface area contributed by atoms with Crippen molar-refractivity contribution in [3.63, 3.8) is 0 Å². The number of rotatable bonds is 8. The minimum Gasteiger partial charge on any atom is -0.493 e. The van der Waals surface area contributed by atoms with Crippen LogP contribution in [0.3, 0.4) is 0 Å². The smallest absolute Gasteiger partial charge is 0.407 e. The summed E-state index contributed by atoms with van der Waals surface area (Å²) in [6.45, 7) is 7.29. The summed E-state index contributed by atoms with van der Waals surface area (Å²) in [4.78, 5) is 23.7. The van der Waals surface area contributed by atoms with Crippen LogP contribution in [0.15, 0.2) is 24.3 Å². The molecular weight excluding hydrogens is 332 g/mol. The maximum absolute atomic E-state index is 12.1. The van der Waals surface area contributed by atoms with Gasteiger partial charge in [0, 0.05) is 25.1 Å². The zero-order chi connectivity index (χ0) is 18.9. The zero-order valence-electron chi connectivity index (χ0n) is 15.7. The molecule has 0 radical (unpaired) electrons. The number of hydrogen-bond acceptors (Lipinski definition) is 4. The number of ether oxygens (including phenoxy) is 2. The van der Waals surface area contributed by atoms with Crippen LogP contribution in [0.5, 0.6) is 5.75 Å². The van der Waals surface area contributed by atoms with Gasteiger partial charge in [-0.05, 0) is 48.6 Å². The third-order valence-electron chi connectivity index (χ3n) is 4.02. The fourth-order valence-corrected chi connectivity index (χ4v) is 2.87. The summed E-state index contributed by atoms with van der Waals surface area (Å²) >= 11 is 0. The first-order valence-electron chi connectivity index (χ1n) is 9.12. The summed E-state index contributed by atoms with van der Waals surface area (Å²) < 4.78 is 10.4. The molecule has 6 nitrogen and oxygen atoms in total. The van der Waals surface area contributed by atoms with Gasteiger partial charge in [0.15, 0.2) is 0 Å².